The van der Waals surface area contributed by atoms with Gasteiger partial charge < -0.3 is 29.0 Å². The lowest BCUT2D eigenvalue weighted by Gasteiger charge is -2.13. The lowest BCUT2D eigenvalue weighted by molar-refractivity contribution is -0.118. The van der Waals surface area contributed by atoms with Crippen molar-refractivity contribution in [2.24, 2.45) is 0 Å². The minimum absolute atomic E-state index is 0.234. The Balaban J connectivity index is 1.61. The quantitative estimate of drug-likeness (QED) is 0.762. The summed E-state index contributed by atoms with van der Waals surface area (Å²) < 4.78 is 26.6. The molecule has 28 heavy (non-hydrogen) atoms. The van der Waals surface area contributed by atoms with E-state index in [4.69, 9.17) is 18.9 Å². The second kappa shape index (κ2) is 8.98. The molecular weight excluding hydrogens is 366 g/mol. The van der Waals surface area contributed by atoms with Gasteiger partial charge in [-0.05, 0) is 30.3 Å². The topological polar surface area (TPSA) is 92.3 Å². The number of benzene rings is 2. The minimum Gasteiger partial charge on any atom is -0.493 e. The van der Waals surface area contributed by atoms with Crippen molar-refractivity contribution in [3.63, 3.8) is 0 Å². The molecule has 148 valence electrons. The number of nitrogens with one attached hydrogen (secondary N) is 1. The normalized spacial score (nSPS) is 12.5. The first kappa shape index (κ1) is 19.3. The molecule has 0 aromatic heterocycles. The lowest BCUT2D eigenvalue weighted by atomic mass is 10.2. The van der Waals surface area contributed by atoms with Crippen LogP contribution in [0.25, 0.3) is 0 Å². The number of esters is 1. The highest BCUT2D eigenvalue weighted by atomic mass is 16.5. The second-order valence-electron chi connectivity index (χ2n) is 5.91. The first-order chi connectivity index (χ1) is 13.6. The van der Waals surface area contributed by atoms with Gasteiger partial charge in [0.05, 0.1) is 33.0 Å². The Bertz CT molecular complexity index is 866. The van der Waals surface area contributed by atoms with Crippen LogP contribution in [0.5, 0.6) is 23.0 Å². The number of fused-ring (bicyclic) bond motifs is 1. The number of rotatable bonds is 6. The third-order valence-electron chi connectivity index (χ3n) is 3.97. The van der Waals surface area contributed by atoms with Gasteiger partial charge in [0.15, 0.2) is 29.6 Å². The molecule has 1 aliphatic rings. The van der Waals surface area contributed by atoms with Crippen LogP contribution in [0.1, 0.15) is 16.8 Å². The second-order valence-corrected chi connectivity index (χ2v) is 5.91. The predicted molar refractivity (Wildman–Crippen MR) is 101 cm³/mol. The molecule has 0 atom stereocenters. The molecule has 1 aliphatic heterocycles. The molecule has 8 nitrogen and oxygen atoms in total. The van der Waals surface area contributed by atoms with Crippen molar-refractivity contribution in [2.75, 3.05) is 39.4 Å². The number of methoxy groups -OCH3 is 2. The first-order valence-corrected chi connectivity index (χ1v) is 8.69. The summed E-state index contributed by atoms with van der Waals surface area (Å²) in [5, 5.41) is 2.74. The van der Waals surface area contributed by atoms with Gasteiger partial charge in [-0.1, -0.05) is 0 Å². The summed E-state index contributed by atoms with van der Waals surface area (Å²) in [5.41, 5.74) is 0.897. The van der Waals surface area contributed by atoms with Crippen LogP contribution in [0.3, 0.4) is 0 Å². The Morgan fingerprint density at radius 2 is 1.79 bits per heavy atom. The summed E-state index contributed by atoms with van der Waals surface area (Å²) in [7, 11) is 2.74. The smallest absolute Gasteiger partial charge is 0.337 e. The molecule has 0 saturated heterocycles. The van der Waals surface area contributed by atoms with Gasteiger partial charge >= 0.3 is 5.97 Å². The molecule has 0 saturated carbocycles. The average Bonchev–Trinajstić information content (AvgIpc) is 2.96. The van der Waals surface area contributed by atoms with Crippen LogP contribution in [0.15, 0.2) is 36.4 Å². The molecular formula is C20H21NO7. The van der Waals surface area contributed by atoms with Gasteiger partial charge in [-0.25, -0.2) is 4.79 Å². The highest BCUT2D eigenvalue weighted by Crippen LogP contribution is 2.32. The third-order valence-corrected chi connectivity index (χ3v) is 3.97. The van der Waals surface area contributed by atoms with E-state index in [1.807, 2.05) is 0 Å². The summed E-state index contributed by atoms with van der Waals surface area (Å²) in [6.45, 7) is 0.931. The maximum Gasteiger partial charge on any atom is 0.337 e. The first-order valence-electron chi connectivity index (χ1n) is 8.69. The van der Waals surface area contributed by atoms with Gasteiger partial charge in [0.1, 0.15) is 0 Å². The number of amides is 1. The zero-order valence-electron chi connectivity index (χ0n) is 15.7. The van der Waals surface area contributed by atoms with Crippen LogP contribution in [0.4, 0.5) is 5.69 Å². The molecule has 0 bridgehead atoms. The summed E-state index contributed by atoms with van der Waals surface area (Å²) >= 11 is 0. The lowest BCUT2D eigenvalue weighted by Crippen LogP contribution is -2.20. The Morgan fingerprint density at radius 3 is 2.54 bits per heavy atom. The number of hydrogen-bond donors (Lipinski definition) is 1. The SMILES string of the molecule is COC(=O)c1ccc(OCC(=O)Nc2ccc3c(c2)OCCCO3)c(OC)c1. The Labute approximate surface area is 162 Å². The van der Waals surface area contributed by atoms with E-state index < -0.39 is 5.97 Å². The van der Waals surface area contributed by atoms with Crippen LogP contribution >= 0.6 is 0 Å². The minimum atomic E-state index is -0.489. The number of hydrogen-bond acceptors (Lipinski definition) is 7. The van der Waals surface area contributed by atoms with Crippen molar-refractivity contribution in [1.29, 1.82) is 0 Å². The van der Waals surface area contributed by atoms with Crippen molar-refractivity contribution < 1.29 is 33.3 Å². The van der Waals surface area contributed by atoms with Crippen LogP contribution < -0.4 is 24.3 Å². The molecule has 1 heterocycles. The maximum atomic E-state index is 12.2. The van der Waals surface area contributed by atoms with Crippen LogP contribution in [0.2, 0.25) is 0 Å². The largest absolute Gasteiger partial charge is 0.493 e. The fourth-order valence-corrected chi connectivity index (χ4v) is 2.61. The van der Waals surface area contributed by atoms with Gasteiger partial charge in [0.25, 0.3) is 5.91 Å². The van der Waals surface area contributed by atoms with Gasteiger partial charge in [0.2, 0.25) is 0 Å². The Kier molecular flexibility index (Phi) is 6.21. The van der Waals surface area contributed by atoms with E-state index in [9.17, 15) is 9.59 Å². The molecule has 2 aromatic rings. The number of anilines is 1. The standard InChI is InChI=1S/C20H21NO7/c1-24-17-10-13(20(23)25-2)4-6-15(17)28-12-19(22)21-14-5-7-16-18(11-14)27-9-3-8-26-16/h4-7,10-11H,3,8-9,12H2,1-2H3,(H,21,22). The Hall–Kier alpha value is -3.42. The van der Waals surface area contributed by atoms with Crippen molar-refractivity contribution in [3.05, 3.63) is 42.0 Å². The van der Waals surface area contributed by atoms with Gasteiger partial charge in [0, 0.05) is 18.2 Å². The monoisotopic (exact) mass is 387 g/mol. The van der Waals surface area contributed by atoms with Crippen molar-refractivity contribution in [2.45, 2.75) is 6.42 Å². The molecule has 0 unspecified atom stereocenters. The van der Waals surface area contributed by atoms with Gasteiger partial charge in [-0.2, -0.15) is 0 Å². The average molecular weight is 387 g/mol. The molecule has 0 spiro atoms. The molecule has 0 radical (unpaired) electrons. The fraction of sp³-hybridized carbons (Fsp3) is 0.300. The number of carbonyl (C=O) groups is 2. The third kappa shape index (κ3) is 4.64. The van der Waals surface area contributed by atoms with Crippen molar-refractivity contribution in [3.8, 4) is 23.0 Å². The molecule has 1 amide bonds. The van der Waals surface area contributed by atoms with Crippen LogP contribution in [-0.2, 0) is 9.53 Å². The van der Waals surface area contributed by atoms with E-state index in [1.165, 1.54) is 26.4 Å². The van der Waals surface area contributed by atoms with E-state index in [0.717, 1.165) is 6.42 Å². The highest BCUT2D eigenvalue weighted by molar-refractivity contribution is 5.92. The molecule has 2 aromatic carbocycles. The van der Waals surface area contributed by atoms with Crippen molar-refractivity contribution in [1.82, 2.24) is 0 Å². The highest BCUT2D eigenvalue weighted by Gasteiger charge is 2.14. The van der Waals surface area contributed by atoms with E-state index in [0.29, 0.717) is 47.5 Å². The van der Waals surface area contributed by atoms with Gasteiger partial charge in [-0.3, -0.25) is 4.79 Å². The summed E-state index contributed by atoms with van der Waals surface area (Å²) in [5.74, 6) is 1.07. The molecule has 8 heteroatoms. The molecule has 1 N–H and O–H groups in total. The summed E-state index contributed by atoms with van der Waals surface area (Å²) in [6, 6.07) is 9.77. The molecule has 0 fully saturated rings. The zero-order chi connectivity index (χ0) is 19.9. The van der Waals surface area contributed by atoms with E-state index >= 15 is 0 Å². The zero-order valence-corrected chi connectivity index (χ0v) is 15.7. The Morgan fingerprint density at radius 1 is 1.00 bits per heavy atom. The fourth-order valence-electron chi connectivity index (χ4n) is 2.61. The van der Waals surface area contributed by atoms with Crippen LogP contribution in [0, 0.1) is 0 Å². The molecule has 3 rings (SSSR count). The van der Waals surface area contributed by atoms with E-state index in [-0.39, 0.29) is 12.5 Å². The predicted octanol–water partition coefficient (Wildman–Crippen LogP) is 2.66. The van der Waals surface area contributed by atoms with Crippen LogP contribution in [-0.4, -0.2) is 45.9 Å². The maximum absolute atomic E-state index is 12.2. The summed E-state index contributed by atoms with van der Waals surface area (Å²) in [4.78, 5) is 23.8. The summed E-state index contributed by atoms with van der Waals surface area (Å²) in [6.07, 6.45) is 0.806. The van der Waals surface area contributed by atoms with E-state index in [2.05, 4.69) is 10.1 Å². The number of ether oxygens (including phenoxy) is 5. The number of carbonyl (C=O) groups excluding carboxylic acids is 2. The van der Waals surface area contributed by atoms with Crippen molar-refractivity contribution >= 4 is 17.6 Å². The molecule has 0 aliphatic carbocycles. The van der Waals surface area contributed by atoms with Gasteiger partial charge in [-0.15, -0.1) is 0 Å². The van der Waals surface area contributed by atoms with E-state index in [1.54, 1.807) is 24.3 Å².